The molecule has 9 amide bonds. The Bertz CT molecular complexity index is 1900. The highest BCUT2D eigenvalue weighted by Gasteiger charge is 2.40. The highest BCUT2D eigenvalue weighted by atomic mass is 16.4. The van der Waals surface area contributed by atoms with E-state index < -0.39 is 139 Å². The Hall–Kier alpha value is -6.24. The van der Waals surface area contributed by atoms with Crippen LogP contribution in [0.2, 0.25) is 0 Å². The summed E-state index contributed by atoms with van der Waals surface area (Å²) in [5, 5.41) is 56.3. The van der Waals surface area contributed by atoms with Gasteiger partial charge in [-0.2, -0.15) is 0 Å². The molecule has 0 aromatic heterocycles. The van der Waals surface area contributed by atoms with Crippen molar-refractivity contribution in [3.8, 4) is 0 Å². The number of nitrogens with one attached hydrogen (secondary N) is 7. The van der Waals surface area contributed by atoms with Gasteiger partial charge < -0.3 is 74.0 Å². The molecule has 0 saturated carbocycles. The van der Waals surface area contributed by atoms with Gasteiger partial charge in [-0.3, -0.25) is 43.2 Å². The van der Waals surface area contributed by atoms with Crippen molar-refractivity contribution in [2.45, 2.75) is 141 Å². The normalized spacial score (nSPS) is 17.6. The predicted octanol–water partition coefficient (Wildman–Crippen LogP) is -4.62. The maximum atomic E-state index is 13.4. The van der Waals surface area contributed by atoms with Crippen LogP contribution in [0.15, 0.2) is 30.3 Å². The van der Waals surface area contributed by atoms with Crippen LogP contribution in [0.4, 0.5) is 0 Å². The minimum absolute atomic E-state index is 0.0416. The topological polar surface area (TPSA) is 391 Å². The largest absolute Gasteiger partial charge is 0.480 e. The second kappa shape index (κ2) is 27.4. The van der Waals surface area contributed by atoms with Gasteiger partial charge >= 0.3 is 5.97 Å². The average molecular weight is 949 g/mol. The summed E-state index contributed by atoms with van der Waals surface area (Å²) in [6.07, 6.45) is -1.41. The maximum absolute atomic E-state index is 13.4. The van der Waals surface area contributed by atoms with Crippen LogP contribution in [0.3, 0.4) is 0 Å². The summed E-state index contributed by atoms with van der Waals surface area (Å²) in [4.78, 5) is 132. The molecule has 15 N–H and O–H groups in total. The number of benzene rings is 1. The summed E-state index contributed by atoms with van der Waals surface area (Å²) in [7, 11) is 0. The van der Waals surface area contributed by atoms with Gasteiger partial charge in [0, 0.05) is 13.0 Å². The van der Waals surface area contributed by atoms with Crippen LogP contribution in [0, 0.1) is 11.8 Å². The third kappa shape index (κ3) is 18.5. The van der Waals surface area contributed by atoms with Crippen molar-refractivity contribution >= 4 is 59.1 Å². The Labute approximate surface area is 388 Å². The summed E-state index contributed by atoms with van der Waals surface area (Å²) in [6, 6.07) is -4.64. The lowest BCUT2D eigenvalue weighted by Gasteiger charge is -2.30. The zero-order chi connectivity index (χ0) is 50.7. The van der Waals surface area contributed by atoms with Crippen LogP contribution >= 0.6 is 0 Å². The number of aliphatic hydroxyl groups excluding tert-OH is 3. The molecule has 1 aromatic rings. The van der Waals surface area contributed by atoms with Crippen molar-refractivity contribution in [1.82, 2.24) is 42.1 Å². The molecule has 1 aliphatic rings. The van der Waals surface area contributed by atoms with Gasteiger partial charge in [0.05, 0.1) is 31.8 Å². The lowest BCUT2D eigenvalue weighted by Crippen LogP contribution is -2.62. The highest BCUT2D eigenvalue weighted by molar-refractivity contribution is 5.99. The summed E-state index contributed by atoms with van der Waals surface area (Å²) in [6.45, 7) is 7.79. The molecule has 10 atom stereocenters. The molecule has 24 nitrogen and oxygen atoms in total. The fourth-order valence-electron chi connectivity index (χ4n) is 7.09. The second-order valence-corrected chi connectivity index (χ2v) is 17.4. The molecule has 24 heteroatoms. The fraction of sp³-hybridized carbons (Fsp3) is 0.628. The average Bonchev–Trinajstić information content (AvgIpc) is 3.75. The lowest BCUT2D eigenvalue weighted by atomic mass is 10.0. The third-order valence-electron chi connectivity index (χ3n) is 10.6. The van der Waals surface area contributed by atoms with Gasteiger partial charge in [0.15, 0.2) is 0 Å². The molecule has 0 unspecified atom stereocenters. The van der Waals surface area contributed by atoms with E-state index in [1.165, 1.54) is 11.8 Å². The van der Waals surface area contributed by atoms with E-state index in [0.29, 0.717) is 18.4 Å². The molecular weight excluding hydrogens is 881 g/mol. The Balaban J connectivity index is 2.12. The SMILES string of the molecule is CC(C)C[C@H](NC(=O)[C@H](CO)NC(=O)[C@H](C)NC(=O)[C@H](CC(N)=O)NC(=O)[C@@H](NC(=O)[C@@H]1CCCN1C(=O)[C@@H](N)CC(C)C)[C@@H](C)O)C(=O)N[C@@H](CO)C(=O)N[C@@H](Cc1ccccc1)C(=O)O. The number of nitrogens with zero attached hydrogens (tertiary/aromatic N) is 1. The Morgan fingerprint density at radius 1 is 0.657 bits per heavy atom. The van der Waals surface area contributed by atoms with Crippen molar-refractivity contribution in [3.05, 3.63) is 35.9 Å². The first-order valence-corrected chi connectivity index (χ1v) is 22.0. The zero-order valence-electron chi connectivity index (χ0n) is 38.7. The lowest BCUT2D eigenvalue weighted by molar-refractivity contribution is -0.142. The van der Waals surface area contributed by atoms with E-state index in [4.69, 9.17) is 11.5 Å². The number of likely N-dealkylation sites (tertiary alicyclic amines) is 1. The third-order valence-corrected chi connectivity index (χ3v) is 10.6. The molecule has 1 saturated heterocycles. The monoisotopic (exact) mass is 948 g/mol. The molecule has 0 radical (unpaired) electrons. The Morgan fingerprint density at radius 2 is 1.15 bits per heavy atom. The molecule has 67 heavy (non-hydrogen) atoms. The van der Waals surface area contributed by atoms with Crippen molar-refractivity contribution in [2.24, 2.45) is 23.3 Å². The molecule has 2 rings (SSSR count). The molecule has 1 aromatic carbocycles. The van der Waals surface area contributed by atoms with E-state index in [0.717, 1.165) is 6.92 Å². The van der Waals surface area contributed by atoms with Gasteiger partial charge in [0.1, 0.15) is 48.3 Å². The van der Waals surface area contributed by atoms with Crippen LogP contribution in [-0.2, 0) is 54.4 Å². The maximum Gasteiger partial charge on any atom is 0.326 e. The van der Waals surface area contributed by atoms with Crippen molar-refractivity contribution < 1.29 is 68.4 Å². The molecule has 1 fully saturated rings. The molecule has 1 aliphatic heterocycles. The van der Waals surface area contributed by atoms with Crippen LogP contribution in [0.5, 0.6) is 0 Å². The number of nitrogens with two attached hydrogens (primary N) is 2. The van der Waals surface area contributed by atoms with Crippen molar-refractivity contribution in [2.75, 3.05) is 19.8 Å². The van der Waals surface area contributed by atoms with Crippen LogP contribution in [0.1, 0.15) is 79.2 Å². The first kappa shape index (κ1) is 56.9. The van der Waals surface area contributed by atoms with Gasteiger partial charge in [-0.15, -0.1) is 0 Å². The summed E-state index contributed by atoms with van der Waals surface area (Å²) in [5.41, 5.74) is 12.0. The van der Waals surface area contributed by atoms with Gasteiger partial charge in [0.25, 0.3) is 0 Å². The van der Waals surface area contributed by atoms with Gasteiger partial charge in [-0.05, 0) is 56.9 Å². The highest BCUT2D eigenvalue weighted by Crippen LogP contribution is 2.20. The minimum atomic E-state index is -1.76. The molecule has 0 bridgehead atoms. The van der Waals surface area contributed by atoms with Gasteiger partial charge in [-0.25, -0.2) is 4.79 Å². The first-order valence-electron chi connectivity index (χ1n) is 22.0. The number of carbonyl (C=O) groups is 10. The van der Waals surface area contributed by atoms with Crippen LogP contribution in [-0.4, -0.2) is 165 Å². The summed E-state index contributed by atoms with van der Waals surface area (Å²) < 4.78 is 0. The molecular formula is C43H68N10O14. The van der Waals surface area contributed by atoms with Crippen molar-refractivity contribution in [3.63, 3.8) is 0 Å². The number of hydrogen-bond acceptors (Lipinski definition) is 14. The number of carboxylic acids is 1. The number of hydrogen-bond donors (Lipinski definition) is 13. The van der Waals surface area contributed by atoms with Crippen molar-refractivity contribution in [1.29, 1.82) is 0 Å². The summed E-state index contributed by atoms with van der Waals surface area (Å²) in [5.74, 6) is -10.2. The number of amides is 9. The number of carboxylic acid groups (broad SMARTS) is 1. The summed E-state index contributed by atoms with van der Waals surface area (Å²) >= 11 is 0. The first-order chi connectivity index (χ1) is 31.4. The van der Waals surface area contributed by atoms with E-state index in [2.05, 4.69) is 37.2 Å². The molecule has 0 aliphatic carbocycles. The fourth-order valence-corrected chi connectivity index (χ4v) is 7.09. The van der Waals surface area contributed by atoms with Crippen LogP contribution in [0.25, 0.3) is 0 Å². The number of rotatable bonds is 27. The van der Waals surface area contributed by atoms with E-state index in [1.54, 1.807) is 44.2 Å². The quantitative estimate of drug-likeness (QED) is 0.0395. The smallest absolute Gasteiger partial charge is 0.326 e. The standard InChI is InChI=1S/C43H68N10O14/c1-21(2)15-26(44)42(65)53-14-10-13-32(53)40(63)52-34(24(6)56)41(64)48-28(18-33(45)57)36(59)46-23(5)35(58)50-30(19-54)38(61)47-27(16-22(3)4)37(60)51-31(20-55)39(62)49-29(43(66)67)17-25-11-8-7-9-12-25/h7-9,11-12,21-24,26-32,34,54-56H,10,13-20,44H2,1-6H3,(H2,45,57)(H,46,59)(H,47,61)(H,48,64)(H,49,62)(H,50,58)(H,51,60)(H,52,63)(H,66,67)/t23-,24+,26-,27-,28-,29-,30-,31-,32-,34-/m0/s1. The number of primary amides is 1. The minimum Gasteiger partial charge on any atom is -0.480 e. The van der Waals surface area contributed by atoms with E-state index in [-0.39, 0.29) is 37.6 Å². The van der Waals surface area contributed by atoms with E-state index >= 15 is 0 Å². The van der Waals surface area contributed by atoms with E-state index in [9.17, 15) is 68.4 Å². The van der Waals surface area contributed by atoms with Crippen LogP contribution < -0.4 is 48.7 Å². The molecule has 374 valence electrons. The Morgan fingerprint density at radius 3 is 1.66 bits per heavy atom. The Kier molecular flexibility index (Phi) is 23.3. The number of carbonyl (C=O) groups excluding carboxylic acids is 9. The van der Waals surface area contributed by atoms with Gasteiger partial charge in [0.2, 0.25) is 53.2 Å². The number of aliphatic carboxylic acids is 1. The molecule has 0 spiro atoms. The van der Waals surface area contributed by atoms with Gasteiger partial charge in [-0.1, -0.05) is 58.0 Å². The molecule has 1 heterocycles. The van der Waals surface area contributed by atoms with E-state index in [1.807, 2.05) is 13.8 Å². The zero-order valence-corrected chi connectivity index (χ0v) is 38.7. The number of aliphatic hydroxyl groups is 3. The predicted molar refractivity (Wildman–Crippen MR) is 238 cm³/mol. The second-order valence-electron chi connectivity index (χ2n) is 17.4.